The van der Waals surface area contributed by atoms with E-state index in [0.29, 0.717) is 30.2 Å². The van der Waals surface area contributed by atoms with Crippen LogP contribution in [0, 0.1) is 0 Å². The van der Waals surface area contributed by atoms with E-state index in [2.05, 4.69) is 5.32 Å². The number of hydrogen-bond donors (Lipinski definition) is 2. The molecule has 0 bridgehead atoms. The maximum atomic E-state index is 12.4. The van der Waals surface area contributed by atoms with Crippen LogP contribution < -0.4 is 14.8 Å². The minimum Gasteiger partial charge on any atom is -0.497 e. The molecule has 2 N–H and O–H groups in total. The van der Waals surface area contributed by atoms with Crippen LogP contribution in [0.25, 0.3) is 6.08 Å². The second kappa shape index (κ2) is 10.8. The van der Waals surface area contributed by atoms with Gasteiger partial charge in [0.15, 0.2) is 0 Å². The predicted octanol–water partition coefficient (Wildman–Crippen LogP) is 4.15. The Balaban J connectivity index is 2.13. The van der Waals surface area contributed by atoms with E-state index in [1.807, 2.05) is 37.3 Å². The molecule has 0 heterocycles. The SMILES string of the molecule is CCCOc1ccc(CCC(=O)O)cc1NC(=O)/C=C/c1cccc(OC)c1. The lowest BCUT2D eigenvalue weighted by molar-refractivity contribution is -0.137. The highest BCUT2D eigenvalue weighted by molar-refractivity contribution is 6.02. The predicted molar refractivity (Wildman–Crippen MR) is 109 cm³/mol. The number of ether oxygens (including phenoxy) is 2. The van der Waals surface area contributed by atoms with E-state index in [1.165, 1.54) is 6.08 Å². The Kier molecular flexibility index (Phi) is 8.09. The van der Waals surface area contributed by atoms with Gasteiger partial charge in [0, 0.05) is 12.5 Å². The smallest absolute Gasteiger partial charge is 0.303 e. The summed E-state index contributed by atoms with van der Waals surface area (Å²) in [7, 11) is 1.59. The molecule has 0 radical (unpaired) electrons. The van der Waals surface area contributed by atoms with Crippen LogP contribution in [-0.4, -0.2) is 30.7 Å². The lowest BCUT2D eigenvalue weighted by Gasteiger charge is -2.13. The molecule has 0 aliphatic carbocycles. The number of anilines is 1. The zero-order valence-corrected chi connectivity index (χ0v) is 16.1. The van der Waals surface area contributed by atoms with Crippen molar-refractivity contribution in [2.75, 3.05) is 19.0 Å². The van der Waals surface area contributed by atoms with Gasteiger partial charge in [-0.25, -0.2) is 0 Å². The highest BCUT2D eigenvalue weighted by Crippen LogP contribution is 2.27. The molecule has 0 saturated heterocycles. The van der Waals surface area contributed by atoms with Crippen molar-refractivity contribution in [3.05, 3.63) is 59.7 Å². The number of aryl methyl sites for hydroxylation is 1. The van der Waals surface area contributed by atoms with E-state index in [1.54, 1.807) is 25.3 Å². The summed E-state index contributed by atoms with van der Waals surface area (Å²) in [6.07, 6.45) is 4.37. The third-order valence-electron chi connectivity index (χ3n) is 3.91. The fraction of sp³-hybridized carbons (Fsp3) is 0.273. The first-order valence-electron chi connectivity index (χ1n) is 9.12. The summed E-state index contributed by atoms with van der Waals surface area (Å²) in [6, 6.07) is 12.7. The second-order valence-electron chi connectivity index (χ2n) is 6.17. The minimum atomic E-state index is -0.863. The van der Waals surface area contributed by atoms with Crippen LogP contribution >= 0.6 is 0 Å². The summed E-state index contributed by atoms with van der Waals surface area (Å²) in [5.74, 6) is 0.102. The quantitative estimate of drug-likeness (QED) is 0.602. The highest BCUT2D eigenvalue weighted by Gasteiger charge is 2.09. The largest absolute Gasteiger partial charge is 0.497 e. The zero-order valence-electron chi connectivity index (χ0n) is 16.1. The number of benzene rings is 2. The summed E-state index contributed by atoms with van der Waals surface area (Å²) in [5, 5.41) is 11.7. The summed E-state index contributed by atoms with van der Waals surface area (Å²) >= 11 is 0. The van der Waals surface area contributed by atoms with Gasteiger partial charge in [-0.3, -0.25) is 9.59 Å². The standard InChI is InChI=1S/C22H25NO5/c1-3-13-28-20-10-7-17(9-12-22(25)26)15-19(20)23-21(24)11-8-16-5-4-6-18(14-16)27-2/h4-8,10-11,14-15H,3,9,12-13H2,1-2H3,(H,23,24)(H,25,26)/b11-8+. The van der Waals surface area contributed by atoms with E-state index in [9.17, 15) is 9.59 Å². The number of aliphatic carboxylic acids is 1. The van der Waals surface area contributed by atoms with Crippen LogP contribution in [0.3, 0.4) is 0 Å². The Morgan fingerprint density at radius 2 is 2.00 bits per heavy atom. The van der Waals surface area contributed by atoms with Crippen molar-refractivity contribution in [1.82, 2.24) is 0 Å². The number of carbonyl (C=O) groups excluding carboxylic acids is 1. The van der Waals surface area contributed by atoms with Crippen LogP contribution in [0.5, 0.6) is 11.5 Å². The van der Waals surface area contributed by atoms with Gasteiger partial charge >= 0.3 is 5.97 Å². The highest BCUT2D eigenvalue weighted by atomic mass is 16.5. The Labute approximate surface area is 164 Å². The molecule has 1 amide bonds. The van der Waals surface area contributed by atoms with Gasteiger partial charge in [-0.15, -0.1) is 0 Å². The Morgan fingerprint density at radius 3 is 2.71 bits per heavy atom. The summed E-state index contributed by atoms with van der Waals surface area (Å²) in [6.45, 7) is 2.52. The molecule has 0 unspecified atom stereocenters. The van der Waals surface area contributed by atoms with Crippen LogP contribution in [0.4, 0.5) is 5.69 Å². The second-order valence-corrected chi connectivity index (χ2v) is 6.17. The van der Waals surface area contributed by atoms with E-state index in [-0.39, 0.29) is 12.3 Å². The van der Waals surface area contributed by atoms with Gasteiger partial charge < -0.3 is 19.9 Å². The molecule has 2 rings (SSSR count). The molecule has 148 valence electrons. The molecule has 6 heteroatoms. The van der Waals surface area contributed by atoms with Crippen LogP contribution in [0.2, 0.25) is 0 Å². The number of amides is 1. The first-order valence-corrected chi connectivity index (χ1v) is 9.12. The molecular weight excluding hydrogens is 358 g/mol. The van der Waals surface area contributed by atoms with Crippen molar-refractivity contribution in [2.24, 2.45) is 0 Å². The first-order chi connectivity index (χ1) is 13.5. The van der Waals surface area contributed by atoms with Gasteiger partial charge in [0.05, 0.1) is 19.4 Å². The molecule has 0 spiro atoms. The molecule has 2 aromatic rings. The average Bonchev–Trinajstić information content (AvgIpc) is 2.70. The van der Waals surface area contributed by atoms with E-state index in [0.717, 1.165) is 17.5 Å². The van der Waals surface area contributed by atoms with Crippen molar-refractivity contribution in [3.63, 3.8) is 0 Å². The maximum absolute atomic E-state index is 12.4. The summed E-state index contributed by atoms with van der Waals surface area (Å²) in [5.41, 5.74) is 2.18. The molecule has 6 nitrogen and oxygen atoms in total. The third kappa shape index (κ3) is 6.79. The third-order valence-corrected chi connectivity index (χ3v) is 3.91. The number of carboxylic acids is 1. The Bertz CT molecular complexity index is 845. The number of carboxylic acid groups (broad SMARTS) is 1. The fourth-order valence-electron chi connectivity index (χ4n) is 2.51. The molecule has 2 aromatic carbocycles. The molecule has 0 atom stereocenters. The van der Waals surface area contributed by atoms with Gasteiger partial charge in [-0.2, -0.15) is 0 Å². The van der Waals surface area contributed by atoms with Crippen LogP contribution in [-0.2, 0) is 16.0 Å². The summed E-state index contributed by atoms with van der Waals surface area (Å²) < 4.78 is 10.9. The van der Waals surface area contributed by atoms with Gasteiger partial charge in [0.25, 0.3) is 0 Å². The number of hydrogen-bond acceptors (Lipinski definition) is 4. The van der Waals surface area contributed by atoms with E-state index < -0.39 is 5.97 Å². The van der Waals surface area contributed by atoms with Crippen molar-refractivity contribution in [3.8, 4) is 11.5 Å². The molecule has 0 fully saturated rings. The Morgan fingerprint density at radius 1 is 1.18 bits per heavy atom. The van der Waals surface area contributed by atoms with Gasteiger partial charge in [-0.1, -0.05) is 25.1 Å². The lowest BCUT2D eigenvalue weighted by atomic mass is 10.1. The van der Waals surface area contributed by atoms with Gasteiger partial charge in [-0.05, 0) is 54.3 Å². The van der Waals surface area contributed by atoms with Crippen LogP contribution in [0.1, 0.15) is 30.9 Å². The lowest BCUT2D eigenvalue weighted by Crippen LogP contribution is -2.10. The average molecular weight is 383 g/mol. The number of rotatable bonds is 10. The van der Waals surface area contributed by atoms with Crippen molar-refractivity contribution in [1.29, 1.82) is 0 Å². The van der Waals surface area contributed by atoms with Gasteiger partial charge in [0.1, 0.15) is 11.5 Å². The Hall–Kier alpha value is -3.28. The maximum Gasteiger partial charge on any atom is 0.303 e. The number of methoxy groups -OCH3 is 1. The van der Waals surface area contributed by atoms with Crippen LogP contribution in [0.15, 0.2) is 48.5 Å². The van der Waals surface area contributed by atoms with E-state index >= 15 is 0 Å². The number of nitrogens with one attached hydrogen (secondary N) is 1. The number of carbonyl (C=O) groups is 2. The van der Waals surface area contributed by atoms with Crippen molar-refractivity contribution < 1.29 is 24.2 Å². The summed E-state index contributed by atoms with van der Waals surface area (Å²) in [4.78, 5) is 23.2. The minimum absolute atomic E-state index is 0.0261. The molecule has 0 aromatic heterocycles. The molecule has 28 heavy (non-hydrogen) atoms. The molecule has 0 aliphatic rings. The van der Waals surface area contributed by atoms with Crippen molar-refractivity contribution >= 4 is 23.6 Å². The van der Waals surface area contributed by atoms with E-state index in [4.69, 9.17) is 14.6 Å². The van der Waals surface area contributed by atoms with Crippen molar-refractivity contribution in [2.45, 2.75) is 26.2 Å². The monoisotopic (exact) mass is 383 g/mol. The molecule has 0 saturated carbocycles. The first kappa shape index (κ1) is 21.0. The normalized spacial score (nSPS) is 10.6. The zero-order chi connectivity index (χ0) is 20.4. The molecular formula is C22H25NO5. The molecule has 0 aliphatic heterocycles. The fourth-order valence-corrected chi connectivity index (χ4v) is 2.51. The van der Waals surface area contributed by atoms with Gasteiger partial charge in [0.2, 0.25) is 5.91 Å². The topological polar surface area (TPSA) is 84.9 Å².